The van der Waals surface area contributed by atoms with E-state index in [1.54, 1.807) is 0 Å². The molecule has 1 aliphatic heterocycles. The smallest absolute Gasteiger partial charge is 0.241 e. The largest absolute Gasteiger partial charge is 0.323 e. The summed E-state index contributed by atoms with van der Waals surface area (Å²) in [4.78, 5) is 14.4. The van der Waals surface area contributed by atoms with E-state index in [0.29, 0.717) is 11.9 Å². The van der Waals surface area contributed by atoms with Crippen molar-refractivity contribution in [3.8, 4) is 0 Å². The summed E-state index contributed by atoms with van der Waals surface area (Å²) in [5.74, 6) is 1.13. The Morgan fingerprint density at radius 1 is 1.38 bits per heavy atom. The van der Waals surface area contributed by atoms with Gasteiger partial charge in [0, 0.05) is 6.04 Å². The van der Waals surface area contributed by atoms with Crippen LogP contribution in [0, 0.1) is 5.92 Å². The molecule has 0 bridgehead atoms. The number of amides is 1. The third kappa shape index (κ3) is 2.10. The molecule has 2 aliphatic rings. The highest BCUT2D eigenvalue weighted by molar-refractivity contribution is 5.84. The zero-order valence-corrected chi connectivity index (χ0v) is 10.7. The van der Waals surface area contributed by atoms with Crippen LogP contribution in [0.4, 0.5) is 0 Å². The minimum atomic E-state index is 0.0795. The van der Waals surface area contributed by atoms with E-state index >= 15 is 0 Å². The number of carbonyl (C=O) groups is 1. The fraction of sp³-hybridized carbons (Fsp3) is 0.923. The van der Waals surface area contributed by atoms with Crippen molar-refractivity contribution in [1.82, 2.24) is 10.2 Å². The van der Waals surface area contributed by atoms with Crippen LogP contribution in [0.5, 0.6) is 0 Å². The highest BCUT2D eigenvalue weighted by Gasteiger charge is 2.41. The van der Waals surface area contributed by atoms with Crippen LogP contribution >= 0.6 is 0 Å². The standard InChI is InChI=1S/C13H24N2O/c1-4-5-12-13(16)15(10(3)14-12)11-7-6-9(2)8-11/h9-12,14H,4-8H2,1-3H3. The molecule has 1 saturated carbocycles. The Labute approximate surface area is 98.6 Å². The lowest BCUT2D eigenvalue weighted by Crippen LogP contribution is -2.41. The van der Waals surface area contributed by atoms with Crippen LogP contribution in [0.1, 0.15) is 52.9 Å². The van der Waals surface area contributed by atoms with E-state index in [1.807, 2.05) is 0 Å². The predicted molar refractivity (Wildman–Crippen MR) is 64.9 cm³/mol. The first kappa shape index (κ1) is 11.9. The molecule has 0 aromatic carbocycles. The lowest BCUT2D eigenvalue weighted by Gasteiger charge is -2.28. The van der Waals surface area contributed by atoms with Gasteiger partial charge in [0.15, 0.2) is 0 Å². The summed E-state index contributed by atoms with van der Waals surface area (Å²) in [5, 5.41) is 3.42. The molecule has 1 aliphatic carbocycles. The zero-order chi connectivity index (χ0) is 11.7. The van der Waals surface area contributed by atoms with Crippen LogP contribution in [-0.2, 0) is 4.79 Å². The average molecular weight is 224 g/mol. The van der Waals surface area contributed by atoms with E-state index in [-0.39, 0.29) is 12.2 Å². The molecule has 4 atom stereocenters. The van der Waals surface area contributed by atoms with E-state index in [4.69, 9.17) is 0 Å². The molecule has 92 valence electrons. The minimum Gasteiger partial charge on any atom is -0.323 e. The Bertz CT molecular complexity index is 267. The predicted octanol–water partition coefficient (Wildman–Crippen LogP) is 2.12. The highest BCUT2D eigenvalue weighted by Crippen LogP contribution is 2.32. The molecule has 3 heteroatoms. The lowest BCUT2D eigenvalue weighted by atomic mass is 10.1. The van der Waals surface area contributed by atoms with Crippen LogP contribution < -0.4 is 5.32 Å². The van der Waals surface area contributed by atoms with Crippen molar-refractivity contribution in [2.75, 3.05) is 0 Å². The Kier molecular flexibility index (Phi) is 3.53. The van der Waals surface area contributed by atoms with Gasteiger partial charge in [-0.3, -0.25) is 10.1 Å². The molecule has 3 nitrogen and oxygen atoms in total. The van der Waals surface area contributed by atoms with Crippen LogP contribution in [0.25, 0.3) is 0 Å². The fourth-order valence-corrected chi connectivity index (χ4v) is 3.23. The summed E-state index contributed by atoms with van der Waals surface area (Å²) in [6.45, 7) is 6.55. The molecule has 2 fully saturated rings. The summed E-state index contributed by atoms with van der Waals surface area (Å²) in [5.41, 5.74) is 0. The summed E-state index contributed by atoms with van der Waals surface area (Å²) >= 11 is 0. The molecule has 0 radical (unpaired) electrons. The molecular weight excluding hydrogens is 200 g/mol. The molecule has 0 aromatic rings. The van der Waals surface area contributed by atoms with E-state index < -0.39 is 0 Å². The number of hydrogen-bond acceptors (Lipinski definition) is 2. The summed E-state index contributed by atoms with van der Waals surface area (Å²) in [6, 6.07) is 0.572. The number of nitrogens with zero attached hydrogens (tertiary/aromatic N) is 1. The molecule has 1 saturated heterocycles. The van der Waals surface area contributed by atoms with Crippen molar-refractivity contribution in [3.05, 3.63) is 0 Å². The number of rotatable bonds is 3. The molecule has 16 heavy (non-hydrogen) atoms. The molecule has 1 amide bonds. The second-order valence-electron chi connectivity index (χ2n) is 5.50. The van der Waals surface area contributed by atoms with Gasteiger partial charge in [-0.15, -0.1) is 0 Å². The summed E-state index contributed by atoms with van der Waals surface area (Å²) < 4.78 is 0. The highest BCUT2D eigenvalue weighted by atomic mass is 16.2. The number of hydrogen-bond donors (Lipinski definition) is 1. The van der Waals surface area contributed by atoms with Crippen molar-refractivity contribution in [3.63, 3.8) is 0 Å². The third-order valence-electron chi connectivity index (χ3n) is 4.05. The van der Waals surface area contributed by atoms with Gasteiger partial charge in [-0.2, -0.15) is 0 Å². The maximum Gasteiger partial charge on any atom is 0.241 e. The molecule has 4 unspecified atom stereocenters. The van der Waals surface area contributed by atoms with Crippen molar-refractivity contribution >= 4 is 5.91 Å². The average Bonchev–Trinajstić information content (AvgIpc) is 2.74. The van der Waals surface area contributed by atoms with Crippen molar-refractivity contribution < 1.29 is 4.79 Å². The molecule has 1 N–H and O–H groups in total. The maximum absolute atomic E-state index is 12.3. The van der Waals surface area contributed by atoms with Gasteiger partial charge in [-0.1, -0.05) is 20.3 Å². The van der Waals surface area contributed by atoms with Crippen molar-refractivity contribution in [1.29, 1.82) is 0 Å². The van der Waals surface area contributed by atoms with Gasteiger partial charge in [-0.05, 0) is 38.5 Å². The first-order valence-corrected chi connectivity index (χ1v) is 6.71. The normalized spacial score (nSPS) is 39.7. The van der Waals surface area contributed by atoms with Gasteiger partial charge in [-0.25, -0.2) is 0 Å². The maximum atomic E-state index is 12.3. The lowest BCUT2D eigenvalue weighted by molar-refractivity contribution is -0.132. The van der Waals surface area contributed by atoms with E-state index in [1.165, 1.54) is 19.3 Å². The number of nitrogens with one attached hydrogen (secondary N) is 1. The van der Waals surface area contributed by atoms with Crippen LogP contribution in [-0.4, -0.2) is 29.1 Å². The van der Waals surface area contributed by atoms with Gasteiger partial charge in [0.1, 0.15) is 0 Å². The SMILES string of the molecule is CCCC1NC(C)N(C2CCC(C)C2)C1=O. The Hall–Kier alpha value is -0.570. The fourth-order valence-electron chi connectivity index (χ4n) is 3.23. The molecule has 0 aromatic heterocycles. The van der Waals surface area contributed by atoms with Gasteiger partial charge in [0.05, 0.1) is 12.2 Å². The van der Waals surface area contributed by atoms with Gasteiger partial charge in [0.25, 0.3) is 0 Å². The third-order valence-corrected chi connectivity index (χ3v) is 4.05. The monoisotopic (exact) mass is 224 g/mol. The molecule has 0 spiro atoms. The Morgan fingerprint density at radius 2 is 2.12 bits per heavy atom. The van der Waals surface area contributed by atoms with Crippen LogP contribution in [0.3, 0.4) is 0 Å². The first-order chi connectivity index (χ1) is 7.63. The molecular formula is C13H24N2O. The van der Waals surface area contributed by atoms with Gasteiger partial charge < -0.3 is 4.90 Å². The Balaban J connectivity index is 2.01. The summed E-state index contributed by atoms with van der Waals surface area (Å²) in [6.07, 6.45) is 5.94. The Morgan fingerprint density at radius 3 is 2.69 bits per heavy atom. The number of carbonyl (C=O) groups excluding carboxylic acids is 1. The minimum absolute atomic E-state index is 0.0795. The van der Waals surface area contributed by atoms with Crippen molar-refractivity contribution in [2.24, 2.45) is 5.92 Å². The van der Waals surface area contributed by atoms with Gasteiger partial charge in [0.2, 0.25) is 5.91 Å². The van der Waals surface area contributed by atoms with Gasteiger partial charge >= 0.3 is 0 Å². The van der Waals surface area contributed by atoms with Crippen molar-refractivity contribution in [2.45, 2.75) is 71.1 Å². The first-order valence-electron chi connectivity index (χ1n) is 6.71. The quantitative estimate of drug-likeness (QED) is 0.796. The summed E-state index contributed by atoms with van der Waals surface area (Å²) in [7, 11) is 0. The van der Waals surface area contributed by atoms with E-state index in [2.05, 4.69) is 31.0 Å². The zero-order valence-electron chi connectivity index (χ0n) is 10.7. The molecule has 1 heterocycles. The second-order valence-corrected chi connectivity index (χ2v) is 5.50. The van der Waals surface area contributed by atoms with E-state index in [0.717, 1.165) is 18.8 Å². The van der Waals surface area contributed by atoms with Crippen LogP contribution in [0.15, 0.2) is 0 Å². The topological polar surface area (TPSA) is 32.3 Å². The second kappa shape index (κ2) is 4.74. The van der Waals surface area contributed by atoms with Crippen LogP contribution in [0.2, 0.25) is 0 Å². The van der Waals surface area contributed by atoms with E-state index in [9.17, 15) is 4.79 Å². The molecule has 2 rings (SSSR count).